The second kappa shape index (κ2) is 8.29. The van der Waals surface area contributed by atoms with E-state index in [2.05, 4.69) is 24.1 Å². The number of ether oxygens (including phenoxy) is 2. The zero-order valence-corrected chi connectivity index (χ0v) is 13.7. The molecule has 1 aromatic heterocycles. The average molecular weight is 298 g/mol. The highest BCUT2D eigenvalue weighted by Gasteiger charge is 2.17. The third kappa shape index (κ3) is 6.40. The summed E-state index contributed by atoms with van der Waals surface area (Å²) in [6.07, 6.45) is 2.24. The van der Waals surface area contributed by atoms with Gasteiger partial charge in [-0.1, -0.05) is 13.8 Å². The third-order valence-corrected chi connectivity index (χ3v) is 3.30. The van der Waals surface area contributed by atoms with Crippen LogP contribution in [0, 0.1) is 11.7 Å². The van der Waals surface area contributed by atoms with Gasteiger partial charge in [0.05, 0.1) is 12.2 Å². The van der Waals surface area contributed by atoms with E-state index in [4.69, 9.17) is 9.47 Å². The highest BCUT2D eigenvalue weighted by atomic mass is 19.1. The van der Waals surface area contributed by atoms with E-state index in [0.717, 1.165) is 6.54 Å². The van der Waals surface area contributed by atoms with Gasteiger partial charge >= 0.3 is 0 Å². The summed E-state index contributed by atoms with van der Waals surface area (Å²) in [4.78, 5) is 3.96. The minimum Gasteiger partial charge on any atom is -0.475 e. The first-order valence-corrected chi connectivity index (χ1v) is 7.38. The Bertz CT molecular complexity index is 436. The maximum Gasteiger partial charge on any atom is 0.250 e. The maximum absolute atomic E-state index is 14.2. The van der Waals surface area contributed by atoms with Gasteiger partial charge in [-0.2, -0.15) is 0 Å². The van der Waals surface area contributed by atoms with Gasteiger partial charge in [-0.05, 0) is 32.4 Å². The van der Waals surface area contributed by atoms with Crippen molar-refractivity contribution in [2.75, 3.05) is 20.3 Å². The van der Waals surface area contributed by atoms with Crippen LogP contribution in [0.1, 0.15) is 39.7 Å². The molecule has 0 aromatic carbocycles. The molecule has 1 N–H and O–H groups in total. The normalized spacial score (nSPS) is 12.0. The summed E-state index contributed by atoms with van der Waals surface area (Å²) in [7, 11) is 1.65. The number of pyridine rings is 1. The fourth-order valence-corrected chi connectivity index (χ4v) is 1.69. The molecule has 1 rings (SSSR count). The van der Waals surface area contributed by atoms with Crippen LogP contribution < -0.4 is 10.1 Å². The van der Waals surface area contributed by atoms with Gasteiger partial charge in [0.2, 0.25) is 0 Å². The highest BCUT2D eigenvalue weighted by molar-refractivity contribution is 5.23. The molecule has 5 heteroatoms. The topological polar surface area (TPSA) is 43.4 Å². The smallest absolute Gasteiger partial charge is 0.250 e. The maximum atomic E-state index is 14.2. The van der Waals surface area contributed by atoms with Gasteiger partial charge in [-0.15, -0.1) is 0 Å². The highest BCUT2D eigenvalue weighted by Crippen LogP contribution is 2.19. The Balaban J connectivity index is 2.55. The van der Waals surface area contributed by atoms with Gasteiger partial charge in [0.25, 0.3) is 5.88 Å². The Hall–Kier alpha value is -1.20. The van der Waals surface area contributed by atoms with Gasteiger partial charge in [0.15, 0.2) is 5.82 Å². The Morgan fingerprint density at radius 2 is 2.10 bits per heavy atom. The van der Waals surface area contributed by atoms with Gasteiger partial charge in [-0.3, -0.25) is 0 Å². The van der Waals surface area contributed by atoms with Crippen molar-refractivity contribution >= 4 is 0 Å². The largest absolute Gasteiger partial charge is 0.475 e. The molecule has 0 bridgehead atoms. The van der Waals surface area contributed by atoms with E-state index in [0.29, 0.717) is 31.1 Å². The first-order valence-electron chi connectivity index (χ1n) is 7.38. The molecule has 1 aromatic rings. The van der Waals surface area contributed by atoms with Gasteiger partial charge in [-0.25, -0.2) is 9.37 Å². The van der Waals surface area contributed by atoms with Crippen LogP contribution in [0.4, 0.5) is 4.39 Å². The van der Waals surface area contributed by atoms with E-state index >= 15 is 0 Å². The Morgan fingerprint density at radius 1 is 1.38 bits per heavy atom. The molecule has 0 saturated carbocycles. The van der Waals surface area contributed by atoms with E-state index in [1.165, 1.54) is 0 Å². The summed E-state index contributed by atoms with van der Waals surface area (Å²) in [5.74, 6) is 0.205. The molecule has 120 valence electrons. The molecule has 0 aliphatic carbocycles. The van der Waals surface area contributed by atoms with Crippen LogP contribution in [0.2, 0.25) is 0 Å². The van der Waals surface area contributed by atoms with Crippen molar-refractivity contribution in [1.29, 1.82) is 0 Å². The molecule has 0 unspecified atom stereocenters. The Labute approximate surface area is 127 Å². The lowest BCUT2D eigenvalue weighted by molar-refractivity contribution is 0.00471. The summed E-state index contributed by atoms with van der Waals surface area (Å²) < 4.78 is 25.0. The second-order valence-corrected chi connectivity index (χ2v) is 6.18. The SMILES string of the molecule is COC(C)(C)CCOc1nccc(CNCC(C)C)c1F. The molecule has 0 amide bonds. The van der Waals surface area contributed by atoms with Crippen molar-refractivity contribution in [2.24, 2.45) is 5.92 Å². The lowest BCUT2D eigenvalue weighted by atomic mass is 10.1. The van der Waals surface area contributed by atoms with E-state index in [9.17, 15) is 4.39 Å². The minimum absolute atomic E-state index is 0.0609. The summed E-state index contributed by atoms with van der Waals surface area (Å²) in [6.45, 7) is 9.85. The number of hydrogen-bond acceptors (Lipinski definition) is 4. The summed E-state index contributed by atoms with van der Waals surface area (Å²) >= 11 is 0. The van der Waals surface area contributed by atoms with Crippen LogP contribution >= 0.6 is 0 Å². The lowest BCUT2D eigenvalue weighted by Gasteiger charge is -2.22. The van der Waals surface area contributed by atoms with Crippen molar-refractivity contribution in [3.05, 3.63) is 23.6 Å². The van der Waals surface area contributed by atoms with Crippen molar-refractivity contribution in [2.45, 2.75) is 46.3 Å². The number of aromatic nitrogens is 1. The van der Waals surface area contributed by atoms with Crippen molar-refractivity contribution in [1.82, 2.24) is 10.3 Å². The zero-order valence-electron chi connectivity index (χ0n) is 13.7. The predicted molar refractivity (Wildman–Crippen MR) is 81.9 cm³/mol. The number of nitrogens with zero attached hydrogens (tertiary/aromatic N) is 1. The van der Waals surface area contributed by atoms with Crippen LogP contribution in [0.15, 0.2) is 12.3 Å². The third-order valence-electron chi connectivity index (χ3n) is 3.30. The molecule has 4 nitrogen and oxygen atoms in total. The first kappa shape index (κ1) is 17.9. The van der Waals surface area contributed by atoms with E-state index in [1.54, 1.807) is 19.4 Å². The quantitative estimate of drug-likeness (QED) is 0.760. The second-order valence-electron chi connectivity index (χ2n) is 6.18. The molecular weight excluding hydrogens is 271 g/mol. The molecule has 0 atom stereocenters. The van der Waals surface area contributed by atoms with E-state index < -0.39 is 0 Å². The fraction of sp³-hybridized carbons (Fsp3) is 0.688. The number of methoxy groups -OCH3 is 1. The fourth-order valence-electron chi connectivity index (χ4n) is 1.69. The lowest BCUT2D eigenvalue weighted by Crippen LogP contribution is -2.25. The predicted octanol–water partition coefficient (Wildman–Crippen LogP) is 3.16. The molecule has 1 heterocycles. The molecule has 0 saturated heterocycles. The summed E-state index contributed by atoms with van der Waals surface area (Å²) in [6, 6.07) is 1.68. The number of rotatable bonds is 9. The standard InChI is InChI=1S/C16H27FN2O2/c1-12(2)10-18-11-13-6-8-19-15(14(13)17)21-9-7-16(3,4)20-5/h6,8,12,18H,7,9-11H2,1-5H3. The Kier molecular flexibility index (Phi) is 7.05. The molecular formula is C16H27FN2O2. The van der Waals surface area contributed by atoms with Crippen LogP contribution in [-0.4, -0.2) is 30.8 Å². The first-order chi connectivity index (χ1) is 9.85. The van der Waals surface area contributed by atoms with Gasteiger partial charge < -0.3 is 14.8 Å². The number of halogens is 1. The van der Waals surface area contributed by atoms with Crippen LogP contribution in [0.25, 0.3) is 0 Å². The molecule has 21 heavy (non-hydrogen) atoms. The molecule has 0 fully saturated rings. The average Bonchev–Trinajstić information content (AvgIpc) is 2.42. The molecule has 0 aliphatic heterocycles. The van der Waals surface area contributed by atoms with Crippen LogP contribution in [0.3, 0.4) is 0 Å². The van der Waals surface area contributed by atoms with E-state index in [1.807, 2.05) is 13.8 Å². The monoisotopic (exact) mass is 298 g/mol. The van der Waals surface area contributed by atoms with Crippen molar-refractivity contribution < 1.29 is 13.9 Å². The molecule has 0 aliphatic rings. The zero-order chi connectivity index (χ0) is 15.9. The number of nitrogens with one attached hydrogen (secondary N) is 1. The summed E-state index contributed by atoms with van der Waals surface area (Å²) in [5, 5.41) is 3.22. The van der Waals surface area contributed by atoms with Crippen molar-refractivity contribution in [3.8, 4) is 5.88 Å². The van der Waals surface area contributed by atoms with Crippen molar-refractivity contribution in [3.63, 3.8) is 0 Å². The molecule has 0 spiro atoms. The summed E-state index contributed by atoms with van der Waals surface area (Å²) in [5.41, 5.74) is 0.291. The molecule has 0 radical (unpaired) electrons. The van der Waals surface area contributed by atoms with Crippen LogP contribution in [0.5, 0.6) is 5.88 Å². The Morgan fingerprint density at radius 3 is 2.71 bits per heavy atom. The number of hydrogen-bond donors (Lipinski definition) is 1. The van der Waals surface area contributed by atoms with Crippen LogP contribution in [-0.2, 0) is 11.3 Å². The van der Waals surface area contributed by atoms with Gasteiger partial charge in [0.1, 0.15) is 0 Å². The minimum atomic E-state index is -0.385. The van der Waals surface area contributed by atoms with Gasteiger partial charge in [0, 0.05) is 31.8 Å². The van der Waals surface area contributed by atoms with E-state index in [-0.39, 0.29) is 17.3 Å².